The molecule has 96 valence electrons. The van der Waals surface area contributed by atoms with Crippen molar-refractivity contribution in [3.8, 4) is 0 Å². The molecule has 1 aliphatic carbocycles. The maximum absolute atomic E-state index is 10.1. The van der Waals surface area contributed by atoms with Gasteiger partial charge in [0, 0.05) is 6.04 Å². The molecule has 0 spiro atoms. The second-order valence-corrected chi connectivity index (χ2v) is 4.86. The van der Waals surface area contributed by atoms with Gasteiger partial charge in [-0.25, -0.2) is 15.0 Å². The van der Waals surface area contributed by atoms with Crippen LogP contribution < -0.4 is 5.73 Å². The number of nitrogens with two attached hydrogens (primary N) is 1. The predicted octanol–water partition coefficient (Wildman–Crippen LogP) is -0.143. The Hall–Kier alpha value is -1.73. The Morgan fingerprint density at radius 3 is 3.00 bits per heavy atom. The van der Waals surface area contributed by atoms with E-state index < -0.39 is 5.60 Å². The van der Waals surface area contributed by atoms with E-state index in [0.717, 1.165) is 6.42 Å². The molecule has 1 fully saturated rings. The van der Waals surface area contributed by atoms with Crippen LogP contribution >= 0.6 is 0 Å². The van der Waals surface area contributed by atoms with Crippen molar-refractivity contribution in [2.24, 2.45) is 0 Å². The molecule has 0 aliphatic heterocycles. The molecule has 2 heterocycles. The highest BCUT2D eigenvalue weighted by Crippen LogP contribution is 2.38. The van der Waals surface area contributed by atoms with E-state index in [4.69, 9.17) is 5.73 Å². The lowest BCUT2D eigenvalue weighted by molar-refractivity contribution is -0.0107. The summed E-state index contributed by atoms with van der Waals surface area (Å²) in [6.07, 6.45) is 4.94. The smallest absolute Gasteiger partial charge is 0.165 e. The summed E-state index contributed by atoms with van der Waals surface area (Å²) in [5.41, 5.74) is 6.00. The van der Waals surface area contributed by atoms with Crippen molar-refractivity contribution >= 4 is 17.0 Å². The van der Waals surface area contributed by atoms with E-state index in [2.05, 4.69) is 15.0 Å². The maximum Gasteiger partial charge on any atom is 0.165 e. The van der Waals surface area contributed by atoms with E-state index in [1.807, 2.05) is 4.57 Å². The first kappa shape index (κ1) is 11.4. The normalized spacial score (nSPS) is 28.0. The van der Waals surface area contributed by atoms with Gasteiger partial charge in [0.25, 0.3) is 0 Å². The van der Waals surface area contributed by atoms with Crippen molar-refractivity contribution in [3.05, 3.63) is 12.7 Å². The van der Waals surface area contributed by atoms with Crippen molar-refractivity contribution in [2.45, 2.75) is 30.9 Å². The van der Waals surface area contributed by atoms with Crippen LogP contribution in [0.5, 0.6) is 0 Å². The van der Waals surface area contributed by atoms with Crippen molar-refractivity contribution in [1.29, 1.82) is 0 Å². The van der Waals surface area contributed by atoms with Crippen LogP contribution in [0.3, 0.4) is 0 Å². The highest BCUT2D eigenvalue weighted by atomic mass is 16.3. The van der Waals surface area contributed by atoms with Crippen LogP contribution in [0.2, 0.25) is 0 Å². The molecule has 7 heteroatoms. The predicted molar refractivity (Wildman–Crippen MR) is 64.7 cm³/mol. The number of aromatic nitrogens is 4. The summed E-state index contributed by atoms with van der Waals surface area (Å²) in [4.78, 5) is 12.3. The monoisotopic (exact) mass is 249 g/mol. The number of aliphatic hydroxyl groups excluding tert-OH is 1. The summed E-state index contributed by atoms with van der Waals surface area (Å²) in [7, 11) is 0. The first-order chi connectivity index (χ1) is 8.63. The van der Waals surface area contributed by atoms with Gasteiger partial charge in [-0.3, -0.25) is 0 Å². The number of fused-ring (bicyclic) bond motifs is 1. The molecule has 1 saturated carbocycles. The fourth-order valence-electron chi connectivity index (χ4n) is 2.60. The molecule has 18 heavy (non-hydrogen) atoms. The molecule has 0 radical (unpaired) electrons. The molecule has 0 unspecified atom stereocenters. The minimum absolute atomic E-state index is 0.0847. The van der Waals surface area contributed by atoms with E-state index in [-0.39, 0.29) is 12.6 Å². The lowest BCUT2D eigenvalue weighted by Crippen LogP contribution is -2.29. The molecule has 1 aliphatic rings. The zero-order valence-corrected chi connectivity index (χ0v) is 9.82. The molecule has 2 atom stereocenters. The van der Waals surface area contributed by atoms with Crippen molar-refractivity contribution in [2.75, 3.05) is 12.3 Å². The van der Waals surface area contributed by atoms with Crippen LogP contribution in [0.15, 0.2) is 12.7 Å². The summed E-state index contributed by atoms with van der Waals surface area (Å²) in [6.45, 7) is -0.215. The summed E-state index contributed by atoms with van der Waals surface area (Å²) in [5, 5.41) is 19.2. The summed E-state index contributed by atoms with van der Waals surface area (Å²) < 4.78 is 1.90. The van der Waals surface area contributed by atoms with Gasteiger partial charge in [-0.1, -0.05) is 0 Å². The number of nitrogen functional groups attached to an aromatic ring is 1. The number of anilines is 1. The van der Waals surface area contributed by atoms with Crippen LogP contribution in [0.4, 0.5) is 5.82 Å². The van der Waals surface area contributed by atoms with Crippen LogP contribution in [-0.4, -0.2) is 41.9 Å². The molecule has 0 amide bonds. The van der Waals surface area contributed by atoms with Crippen LogP contribution in [0, 0.1) is 0 Å². The van der Waals surface area contributed by atoms with Gasteiger partial charge in [0.05, 0.1) is 18.5 Å². The van der Waals surface area contributed by atoms with Gasteiger partial charge >= 0.3 is 0 Å². The first-order valence-corrected chi connectivity index (χ1v) is 5.89. The topological polar surface area (TPSA) is 110 Å². The Morgan fingerprint density at radius 2 is 2.28 bits per heavy atom. The van der Waals surface area contributed by atoms with Crippen molar-refractivity contribution in [3.63, 3.8) is 0 Å². The quantitative estimate of drug-likeness (QED) is 0.683. The van der Waals surface area contributed by atoms with E-state index in [1.54, 1.807) is 6.33 Å². The third kappa shape index (κ3) is 1.63. The van der Waals surface area contributed by atoms with Gasteiger partial charge in [0.15, 0.2) is 11.5 Å². The first-order valence-electron chi connectivity index (χ1n) is 5.89. The highest BCUT2D eigenvalue weighted by molar-refractivity contribution is 5.81. The van der Waals surface area contributed by atoms with Crippen LogP contribution in [0.1, 0.15) is 25.3 Å². The second kappa shape index (κ2) is 3.89. The van der Waals surface area contributed by atoms with Gasteiger partial charge < -0.3 is 20.5 Å². The average Bonchev–Trinajstić information content (AvgIpc) is 2.94. The number of imidazole rings is 1. The third-order valence-electron chi connectivity index (χ3n) is 3.63. The van der Waals surface area contributed by atoms with Crippen LogP contribution in [-0.2, 0) is 0 Å². The van der Waals surface area contributed by atoms with E-state index >= 15 is 0 Å². The molecule has 3 rings (SSSR count). The minimum Gasteiger partial charge on any atom is -0.393 e. The average molecular weight is 249 g/mol. The van der Waals surface area contributed by atoms with Gasteiger partial charge in [0.2, 0.25) is 0 Å². The molecular formula is C11H15N5O2. The molecular weight excluding hydrogens is 234 g/mol. The molecule has 0 bridgehead atoms. The fourth-order valence-corrected chi connectivity index (χ4v) is 2.60. The van der Waals surface area contributed by atoms with Gasteiger partial charge in [-0.2, -0.15) is 0 Å². The number of rotatable bonds is 2. The Balaban J connectivity index is 1.99. The van der Waals surface area contributed by atoms with Crippen LogP contribution in [0.25, 0.3) is 11.2 Å². The minimum atomic E-state index is -0.986. The van der Waals surface area contributed by atoms with E-state index in [1.165, 1.54) is 6.33 Å². The molecule has 0 aromatic carbocycles. The van der Waals surface area contributed by atoms with Gasteiger partial charge in [-0.15, -0.1) is 0 Å². The number of aliphatic hydroxyl groups is 2. The molecule has 7 nitrogen and oxygen atoms in total. The van der Waals surface area contributed by atoms with Gasteiger partial charge in [0.1, 0.15) is 11.8 Å². The highest BCUT2D eigenvalue weighted by Gasteiger charge is 2.38. The SMILES string of the molecule is Nc1ncnc2c1ncn2[C@H]1CC[C@@](O)(CO)C1. The van der Waals surface area contributed by atoms with Crippen molar-refractivity contribution in [1.82, 2.24) is 19.5 Å². The molecule has 4 N–H and O–H groups in total. The summed E-state index contributed by atoms with van der Waals surface area (Å²) in [5.74, 6) is 0.356. The van der Waals surface area contributed by atoms with E-state index in [9.17, 15) is 10.2 Å². The Bertz CT molecular complexity index is 584. The molecule has 0 saturated heterocycles. The third-order valence-corrected chi connectivity index (χ3v) is 3.63. The number of hydrogen-bond donors (Lipinski definition) is 3. The van der Waals surface area contributed by atoms with E-state index in [0.29, 0.717) is 29.8 Å². The van der Waals surface area contributed by atoms with Crippen molar-refractivity contribution < 1.29 is 10.2 Å². The lowest BCUT2D eigenvalue weighted by atomic mass is 10.0. The lowest BCUT2D eigenvalue weighted by Gasteiger charge is -2.19. The Morgan fingerprint density at radius 1 is 1.44 bits per heavy atom. The van der Waals surface area contributed by atoms with Gasteiger partial charge in [-0.05, 0) is 19.3 Å². The molecule has 2 aromatic rings. The maximum atomic E-state index is 10.1. The largest absolute Gasteiger partial charge is 0.393 e. The Kier molecular flexibility index (Phi) is 2.46. The summed E-state index contributed by atoms with van der Waals surface area (Å²) in [6, 6.07) is 0.0847. The Labute approximate surface area is 103 Å². The zero-order chi connectivity index (χ0) is 12.8. The fraction of sp³-hybridized carbons (Fsp3) is 0.545. The number of hydrogen-bond acceptors (Lipinski definition) is 6. The standard InChI is InChI=1S/C11H15N5O2/c12-9-8-10(14-5-13-9)16(6-15-8)7-1-2-11(18,3-7)4-17/h5-7,17-18H,1-4H2,(H2,12,13,14)/t7-,11-/m0/s1. The number of nitrogens with zero attached hydrogens (tertiary/aromatic N) is 4. The molecule has 2 aromatic heterocycles. The zero-order valence-electron chi connectivity index (χ0n) is 9.82. The summed E-state index contributed by atoms with van der Waals surface area (Å²) >= 11 is 0. The second-order valence-electron chi connectivity index (χ2n) is 4.86.